The molecule has 2 heterocycles. The molecule has 0 fully saturated rings. The molecule has 7 heteroatoms. The molecule has 2 aromatic carbocycles. The number of nitrogens with one attached hydrogen (secondary N) is 1. The van der Waals surface area contributed by atoms with Crippen molar-refractivity contribution in [2.75, 3.05) is 5.75 Å². The van der Waals surface area contributed by atoms with Crippen molar-refractivity contribution in [1.82, 2.24) is 4.98 Å². The van der Waals surface area contributed by atoms with Gasteiger partial charge in [-0.1, -0.05) is 54.7 Å². The zero-order chi connectivity index (χ0) is 23.6. The summed E-state index contributed by atoms with van der Waals surface area (Å²) in [5.41, 5.74) is 3.67. The van der Waals surface area contributed by atoms with Gasteiger partial charge in [0.15, 0.2) is 9.84 Å². The van der Waals surface area contributed by atoms with Gasteiger partial charge in [0, 0.05) is 22.7 Å². The summed E-state index contributed by atoms with van der Waals surface area (Å²) in [5.74, 6) is 2.85. The maximum atomic E-state index is 13.1. The highest BCUT2D eigenvalue weighted by Gasteiger charge is 2.33. The number of carbonyl (C=O) groups is 1. The molecule has 0 saturated heterocycles. The summed E-state index contributed by atoms with van der Waals surface area (Å²) in [4.78, 5) is 15.8. The molecule has 0 aliphatic heterocycles. The number of H-pyrrole nitrogens is 1. The molecule has 0 bridgehead atoms. The van der Waals surface area contributed by atoms with Gasteiger partial charge in [0.05, 0.1) is 16.5 Å². The predicted molar refractivity (Wildman–Crippen MR) is 131 cm³/mol. The van der Waals surface area contributed by atoms with E-state index < -0.39 is 33.4 Å². The number of fused-ring (bicyclic) bond motifs is 1. The van der Waals surface area contributed by atoms with Crippen LogP contribution in [0.25, 0.3) is 10.9 Å². The number of aromatic amines is 1. The molecule has 0 radical (unpaired) electrons. The van der Waals surface area contributed by atoms with Gasteiger partial charge < -0.3 is 10.1 Å². The van der Waals surface area contributed by atoms with Gasteiger partial charge >= 0.3 is 5.97 Å². The van der Waals surface area contributed by atoms with Crippen molar-refractivity contribution in [2.45, 2.75) is 24.0 Å². The number of aromatic nitrogens is 1. The monoisotopic (exact) mass is 477 g/mol. The van der Waals surface area contributed by atoms with Crippen LogP contribution in [0.4, 0.5) is 0 Å². The second-order valence-electron chi connectivity index (χ2n) is 8.04. The second kappa shape index (κ2) is 9.26. The molecule has 2 N–H and O–H groups in total. The molecule has 0 aliphatic rings. The summed E-state index contributed by atoms with van der Waals surface area (Å²) in [5, 5.41) is 10.8. The predicted octanol–water partition coefficient (Wildman–Crippen LogP) is 5.22. The molecule has 0 amide bonds. The number of aryl methyl sites for hydroxylation is 1. The number of carboxylic acids is 1. The van der Waals surface area contributed by atoms with Crippen LogP contribution in [0.3, 0.4) is 0 Å². The van der Waals surface area contributed by atoms with Crippen LogP contribution in [0.5, 0.6) is 0 Å². The van der Waals surface area contributed by atoms with Crippen LogP contribution in [-0.2, 0) is 14.6 Å². The number of sulfone groups is 1. The zero-order valence-electron chi connectivity index (χ0n) is 18.2. The molecule has 0 spiro atoms. The molecule has 0 unspecified atom stereocenters. The largest absolute Gasteiger partial charge is 0.481 e. The van der Waals surface area contributed by atoms with Crippen molar-refractivity contribution in [2.24, 2.45) is 5.92 Å². The first kappa shape index (κ1) is 22.8. The van der Waals surface area contributed by atoms with Crippen molar-refractivity contribution in [1.29, 1.82) is 0 Å². The Hall–Kier alpha value is -3.34. The zero-order valence-corrected chi connectivity index (χ0v) is 19.8. The van der Waals surface area contributed by atoms with Gasteiger partial charge in [-0.05, 0) is 48.7 Å². The first-order chi connectivity index (χ1) is 15.7. The molecular weight excluding hydrogens is 454 g/mol. The minimum Gasteiger partial charge on any atom is -0.481 e. The van der Waals surface area contributed by atoms with Crippen LogP contribution in [0, 0.1) is 24.7 Å². The van der Waals surface area contributed by atoms with Crippen LogP contribution in [-0.4, -0.2) is 30.2 Å². The van der Waals surface area contributed by atoms with Crippen molar-refractivity contribution >= 4 is 38.0 Å². The number of aliphatic carboxylic acids is 1. The van der Waals surface area contributed by atoms with Gasteiger partial charge in [0.25, 0.3) is 0 Å². The molecule has 0 saturated carbocycles. The molecule has 2 aromatic heterocycles. The van der Waals surface area contributed by atoms with Crippen LogP contribution >= 0.6 is 11.3 Å². The lowest BCUT2D eigenvalue weighted by Gasteiger charge is -2.19. The highest BCUT2D eigenvalue weighted by atomic mass is 32.2. The van der Waals surface area contributed by atoms with E-state index in [4.69, 9.17) is 0 Å². The Bertz CT molecular complexity index is 1470. The topological polar surface area (TPSA) is 87.2 Å². The van der Waals surface area contributed by atoms with Gasteiger partial charge in [-0.25, -0.2) is 8.42 Å². The Morgan fingerprint density at radius 1 is 1.06 bits per heavy atom. The Balaban J connectivity index is 1.56. The Kier molecular flexibility index (Phi) is 6.41. The van der Waals surface area contributed by atoms with E-state index in [0.29, 0.717) is 4.88 Å². The lowest BCUT2D eigenvalue weighted by atomic mass is 9.88. The number of rotatable bonds is 6. The van der Waals surface area contributed by atoms with Crippen molar-refractivity contribution in [3.8, 4) is 11.8 Å². The second-order valence-corrected chi connectivity index (χ2v) is 11.4. The highest BCUT2D eigenvalue weighted by Crippen LogP contribution is 2.33. The highest BCUT2D eigenvalue weighted by molar-refractivity contribution is 7.93. The quantitative estimate of drug-likeness (QED) is 0.373. The maximum absolute atomic E-state index is 13.1. The molecule has 5 nitrogen and oxygen atoms in total. The van der Waals surface area contributed by atoms with Gasteiger partial charge in [-0.15, -0.1) is 11.3 Å². The first-order valence-electron chi connectivity index (χ1n) is 10.4. The van der Waals surface area contributed by atoms with E-state index in [0.717, 1.165) is 38.9 Å². The number of thiophene rings is 1. The van der Waals surface area contributed by atoms with Gasteiger partial charge in [-0.3, -0.25) is 4.79 Å². The van der Waals surface area contributed by atoms with Crippen molar-refractivity contribution in [3.63, 3.8) is 0 Å². The number of para-hydroxylation sites is 1. The number of hydrogen-bond donors (Lipinski definition) is 2. The summed E-state index contributed by atoms with van der Waals surface area (Å²) in [6.07, 6.45) is 1.77. The summed E-state index contributed by atoms with van der Waals surface area (Å²) >= 11 is 1.07. The maximum Gasteiger partial charge on any atom is 0.308 e. The van der Waals surface area contributed by atoms with Crippen molar-refractivity contribution in [3.05, 3.63) is 88.4 Å². The molecule has 4 aromatic rings. The van der Waals surface area contributed by atoms with Crippen molar-refractivity contribution < 1.29 is 18.3 Å². The molecule has 0 aliphatic carbocycles. The van der Waals surface area contributed by atoms with E-state index >= 15 is 0 Å². The van der Waals surface area contributed by atoms with Crippen LogP contribution in [0.2, 0.25) is 0 Å². The third-order valence-electron chi connectivity index (χ3n) is 5.70. The average molecular weight is 478 g/mol. The molecular formula is C26H23NO4S2. The van der Waals surface area contributed by atoms with Gasteiger partial charge in [0.1, 0.15) is 4.21 Å². The molecule has 33 heavy (non-hydrogen) atoms. The van der Waals surface area contributed by atoms with E-state index in [1.807, 2.05) is 55.5 Å². The lowest BCUT2D eigenvalue weighted by molar-refractivity contribution is -0.141. The number of benzene rings is 2. The third-order valence-corrected chi connectivity index (χ3v) is 9.06. The average Bonchev–Trinajstić information content (AvgIpc) is 3.44. The van der Waals surface area contributed by atoms with E-state index in [1.165, 1.54) is 6.07 Å². The van der Waals surface area contributed by atoms with Gasteiger partial charge in [0.2, 0.25) is 0 Å². The summed E-state index contributed by atoms with van der Waals surface area (Å²) in [7, 11) is -3.80. The van der Waals surface area contributed by atoms with Crippen LogP contribution < -0.4 is 0 Å². The standard InChI is InChI=1S/C26H23NO4S2/c1-17-7-9-19(10-8-17)11-12-20-13-14-25(32-20)33(30,31)16-23(26(28)29)18(2)22-15-27-24-6-4-3-5-21(22)24/h3-10,13-15,18,23,27H,16H2,1-2H3,(H,28,29)/t18-,23+/m1/s1. The minimum atomic E-state index is -3.80. The van der Waals surface area contributed by atoms with E-state index in [2.05, 4.69) is 16.8 Å². The normalized spacial score (nSPS) is 13.3. The Morgan fingerprint density at radius 2 is 1.79 bits per heavy atom. The summed E-state index contributed by atoms with van der Waals surface area (Å²) < 4.78 is 26.3. The summed E-state index contributed by atoms with van der Waals surface area (Å²) in [6.45, 7) is 3.76. The smallest absolute Gasteiger partial charge is 0.308 e. The Morgan fingerprint density at radius 3 is 2.52 bits per heavy atom. The van der Waals surface area contributed by atoms with E-state index in [-0.39, 0.29) is 4.21 Å². The molecule has 2 atom stereocenters. The fourth-order valence-electron chi connectivity index (χ4n) is 3.76. The first-order valence-corrected chi connectivity index (χ1v) is 12.9. The van der Waals surface area contributed by atoms with Crippen LogP contribution in [0.15, 0.2) is 71.1 Å². The number of hydrogen-bond acceptors (Lipinski definition) is 4. The lowest BCUT2D eigenvalue weighted by Crippen LogP contribution is -2.28. The fourth-order valence-corrected chi connectivity index (χ4v) is 6.68. The molecule has 168 valence electrons. The van der Waals surface area contributed by atoms with E-state index in [1.54, 1.807) is 19.2 Å². The SMILES string of the molecule is Cc1ccc(C#Cc2ccc(S(=O)(=O)C[C@H](C(=O)O)[C@H](C)c3c[nH]c4ccccc34)s2)cc1. The van der Waals surface area contributed by atoms with E-state index in [9.17, 15) is 18.3 Å². The minimum absolute atomic E-state index is 0.132. The van der Waals surface area contributed by atoms with Crippen LogP contribution in [0.1, 0.15) is 34.4 Å². The Labute approximate surface area is 197 Å². The summed E-state index contributed by atoms with van der Waals surface area (Å²) in [6, 6.07) is 18.5. The fraction of sp³-hybridized carbons (Fsp3) is 0.192. The number of carboxylic acid groups (broad SMARTS) is 1. The van der Waals surface area contributed by atoms with Gasteiger partial charge in [-0.2, -0.15) is 0 Å². The molecule has 4 rings (SSSR count). The third kappa shape index (κ3) is 5.03.